The van der Waals surface area contributed by atoms with Crippen LogP contribution in [0.3, 0.4) is 0 Å². The lowest BCUT2D eigenvalue weighted by Crippen LogP contribution is -2.49. The predicted molar refractivity (Wildman–Crippen MR) is 113 cm³/mol. The van der Waals surface area contributed by atoms with Crippen LogP contribution in [0.1, 0.15) is 33.1 Å². The summed E-state index contributed by atoms with van der Waals surface area (Å²) in [7, 11) is 1.18. The van der Waals surface area contributed by atoms with Crippen molar-refractivity contribution < 1.29 is 43.0 Å². The van der Waals surface area contributed by atoms with E-state index in [1.165, 1.54) is 7.11 Å². The van der Waals surface area contributed by atoms with E-state index in [4.69, 9.17) is 9.47 Å². The Hall–Kier alpha value is -2.89. The van der Waals surface area contributed by atoms with Crippen molar-refractivity contribution in [3.8, 4) is 0 Å². The Morgan fingerprint density at radius 1 is 1.09 bits per heavy atom. The van der Waals surface area contributed by atoms with Crippen molar-refractivity contribution in [2.75, 3.05) is 32.6 Å². The van der Waals surface area contributed by atoms with E-state index >= 15 is 0 Å². The molecule has 12 heteroatoms. The maximum absolute atomic E-state index is 12.7. The van der Waals surface area contributed by atoms with Crippen molar-refractivity contribution in [2.45, 2.75) is 39.2 Å². The molecule has 0 saturated carbocycles. The summed E-state index contributed by atoms with van der Waals surface area (Å²) in [6.07, 6.45) is 0.0762. The molecule has 0 saturated heterocycles. The molecular weight excluding hydrogens is 444 g/mol. The van der Waals surface area contributed by atoms with Crippen LogP contribution in [-0.2, 0) is 43.0 Å². The molecule has 1 heterocycles. The van der Waals surface area contributed by atoms with Crippen LogP contribution in [0.15, 0.2) is 12.2 Å². The van der Waals surface area contributed by atoms with Gasteiger partial charge in [0, 0.05) is 36.8 Å². The summed E-state index contributed by atoms with van der Waals surface area (Å²) < 4.78 is 14.9. The highest BCUT2D eigenvalue weighted by atomic mass is 32.2. The van der Waals surface area contributed by atoms with E-state index in [2.05, 4.69) is 15.4 Å². The Bertz CT molecular complexity index is 764. The minimum atomic E-state index is -1.37. The zero-order valence-corrected chi connectivity index (χ0v) is 19.1. The molecule has 0 fully saturated rings. The van der Waals surface area contributed by atoms with Crippen LogP contribution >= 0.6 is 11.8 Å². The van der Waals surface area contributed by atoms with Crippen molar-refractivity contribution in [3.05, 3.63) is 12.2 Å². The van der Waals surface area contributed by atoms with E-state index in [-0.39, 0.29) is 50.0 Å². The second kappa shape index (κ2) is 13.5. The molecule has 178 valence electrons. The largest absolute Gasteiger partial charge is 0.469 e. The number of amides is 2. The van der Waals surface area contributed by atoms with E-state index in [9.17, 15) is 28.8 Å². The number of cyclic esters (lactones) is 1. The number of esters is 3. The zero-order chi connectivity index (χ0) is 24.1. The molecule has 2 amide bonds. The topological polar surface area (TPSA) is 154 Å². The fourth-order valence-electron chi connectivity index (χ4n) is 2.45. The second-order valence-electron chi connectivity index (χ2n) is 7.43. The van der Waals surface area contributed by atoms with E-state index in [0.717, 1.165) is 23.9 Å². The lowest BCUT2D eigenvalue weighted by atomic mass is 9.86. The fraction of sp³-hybridized carbons (Fsp3) is 0.600. The van der Waals surface area contributed by atoms with Crippen molar-refractivity contribution in [2.24, 2.45) is 5.41 Å². The molecule has 0 aromatic rings. The van der Waals surface area contributed by atoms with Crippen LogP contribution in [0.2, 0.25) is 0 Å². The zero-order valence-electron chi connectivity index (χ0n) is 18.3. The number of hydrogen-bond acceptors (Lipinski definition) is 10. The Balaban J connectivity index is 2.97. The summed E-state index contributed by atoms with van der Waals surface area (Å²) in [6, 6.07) is 0. The summed E-state index contributed by atoms with van der Waals surface area (Å²) in [5, 5.41) is 4.76. The first-order valence-corrected chi connectivity index (χ1v) is 10.9. The van der Waals surface area contributed by atoms with Gasteiger partial charge in [-0.05, 0) is 6.08 Å². The molecule has 0 bridgehead atoms. The molecule has 1 atom stereocenters. The Morgan fingerprint density at radius 3 is 2.47 bits per heavy atom. The monoisotopic (exact) mass is 472 g/mol. The number of rotatable bonds is 4. The highest BCUT2D eigenvalue weighted by molar-refractivity contribution is 8.14. The van der Waals surface area contributed by atoms with E-state index in [0.29, 0.717) is 5.75 Å². The molecule has 0 radical (unpaired) electrons. The molecule has 1 aliphatic heterocycles. The van der Waals surface area contributed by atoms with Crippen LogP contribution in [-0.4, -0.2) is 73.5 Å². The smallest absolute Gasteiger partial charge is 0.330 e. The molecule has 1 rings (SSSR count). The molecule has 0 aromatic heterocycles. The van der Waals surface area contributed by atoms with Gasteiger partial charge in [0.2, 0.25) is 11.0 Å². The third kappa shape index (κ3) is 10.4. The number of hydrogen-bond donors (Lipinski definition) is 2. The maximum Gasteiger partial charge on any atom is 0.330 e. The van der Waals surface area contributed by atoms with E-state index < -0.39 is 35.3 Å². The molecule has 2 N–H and O–H groups in total. The van der Waals surface area contributed by atoms with Crippen LogP contribution in [0.25, 0.3) is 0 Å². The summed E-state index contributed by atoms with van der Waals surface area (Å²) in [6.45, 7) is 2.99. The average molecular weight is 473 g/mol. The molecule has 0 unspecified atom stereocenters. The fourth-order valence-corrected chi connectivity index (χ4v) is 3.02. The van der Waals surface area contributed by atoms with Gasteiger partial charge in [0.25, 0.3) is 5.91 Å². The third-order valence-corrected chi connectivity index (χ3v) is 5.05. The third-order valence-electron chi connectivity index (χ3n) is 4.22. The van der Waals surface area contributed by atoms with Crippen molar-refractivity contribution in [3.63, 3.8) is 0 Å². The molecule has 0 spiro atoms. The van der Waals surface area contributed by atoms with Gasteiger partial charge in [-0.25, -0.2) is 4.79 Å². The highest BCUT2D eigenvalue weighted by Crippen LogP contribution is 2.25. The molecule has 0 aliphatic carbocycles. The van der Waals surface area contributed by atoms with Gasteiger partial charge in [-0.15, -0.1) is 0 Å². The molecule has 1 aliphatic rings. The van der Waals surface area contributed by atoms with Gasteiger partial charge in [-0.3, -0.25) is 24.0 Å². The van der Waals surface area contributed by atoms with Gasteiger partial charge in [-0.2, -0.15) is 0 Å². The SMILES string of the molecule is COC(=O)CCC(=O)O[C@H]1C(=O)NCCC(=O)NCCSC(=O)/C=C/C(=O)OCC1(C)C. The van der Waals surface area contributed by atoms with Gasteiger partial charge >= 0.3 is 17.9 Å². The number of ether oxygens (including phenoxy) is 3. The van der Waals surface area contributed by atoms with E-state index in [1.54, 1.807) is 13.8 Å². The lowest BCUT2D eigenvalue weighted by Gasteiger charge is -2.32. The predicted octanol–water partition coefficient (Wildman–Crippen LogP) is -0.127. The van der Waals surface area contributed by atoms with Crippen LogP contribution < -0.4 is 10.6 Å². The number of nitrogens with one attached hydrogen (secondary N) is 2. The molecular formula is C20H28N2O9S. The number of carbonyl (C=O) groups excluding carboxylic acids is 6. The summed E-state index contributed by atoms with van der Waals surface area (Å²) >= 11 is 0.928. The van der Waals surface area contributed by atoms with Crippen molar-refractivity contribution in [1.29, 1.82) is 0 Å². The maximum atomic E-state index is 12.7. The van der Waals surface area contributed by atoms with E-state index in [1.807, 2.05) is 0 Å². The van der Waals surface area contributed by atoms with Crippen LogP contribution in [0.4, 0.5) is 0 Å². The van der Waals surface area contributed by atoms with Crippen molar-refractivity contribution in [1.82, 2.24) is 10.6 Å². The number of methoxy groups -OCH3 is 1. The quantitative estimate of drug-likeness (QED) is 0.418. The minimum absolute atomic E-state index is 0.0234. The lowest BCUT2D eigenvalue weighted by molar-refractivity contribution is -0.168. The van der Waals surface area contributed by atoms with Gasteiger partial charge in [0.05, 0.1) is 20.0 Å². The highest BCUT2D eigenvalue weighted by Gasteiger charge is 2.39. The number of carbonyl (C=O) groups is 6. The summed E-state index contributed by atoms with van der Waals surface area (Å²) in [4.78, 5) is 71.7. The minimum Gasteiger partial charge on any atom is -0.469 e. The second-order valence-corrected chi connectivity index (χ2v) is 8.53. The Labute approximate surface area is 190 Å². The Morgan fingerprint density at radius 2 is 1.78 bits per heavy atom. The van der Waals surface area contributed by atoms with Gasteiger partial charge in [0.1, 0.15) is 6.61 Å². The van der Waals surface area contributed by atoms with Gasteiger partial charge in [0.15, 0.2) is 6.10 Å². The first kappa shape index (κ1) is 27.1. The normalized spacial score (nSPS) is 21.9. The van der Waals surface area contributed by atoms with Gasteiger partial charge in [-0.1, -0.05) is 25.6 Å². The number of thioether (sulfide) groups is 1. The average Bonchev–Trinajstić information content (AvgIpc) is 2.75. The molecule has 32 heavy (non-hydrogen) atoms. The standard InChI is InChI=1S/C20H28N2O9S/c1-20(2)12-30-15(25)6-7-17(27)32-11-10-21-13(23)8-9-22-19(28)18(20)31-16(26)5-4-14(24)29-3/h6-7,18H,4-5,8-12H2,1-3H3,(H,21,23)(H,22,28)/b7-6+/t18-/m0/s1. The van der Waals surface area contributed by atoms with Gasteiger partial charge < -0.3 is 24.8 Å². The summed E-state index contributed by atoms with van der Waals surface area (Å²) in [5.74, 6) is -2.94. The molecule has 0 aromatic carbocycles. The molecule has 11 nitrogen and oxygen atoms in total. The first-order chi connectivity index (χ1) is 15.0. The first-order valence-electron chi connectivity index (χ1n) is 9.87. The summed E-state index contributed by atoms with van der Waals surface area (Å²) in [5.41, 5.74) is -1.16. The van der Waals surface area contributed by atoms with Crippen molar-refractivity contribution >= 4 is 46.6 Å². The Kier molecular flexibility index (Phi) is 11.5. The van der Waals surface area contributed by atoms with Crippen LogP contribution in [0.5, 0.6) is 0 Å². The van der Waals surface area contributed by atoms with Crippen LogP contribution in [0, 0.1) is 5.41 Å².